The molecule has 158 valence electrons. The minimum absolute atomic E-state index is 0.104. The topological polar surface area (TPSA) is 149 Å². The van der Waals surface area contributed by atoms with Crippen molar-refractivity contribution in [1.29, 1.82) is 0 Å². The fourth-order valence-corrected chi connectivity index (χ4v) is 2.49. The van der Waals surface area contributed by atoms with Crippen molar-refractivity contribution in [3.05, 3.63) is 84.4 Å². The van der Waals surface area contributed by atoms with E-state index in [1.165, 1.54) is 13.0 Å². The van der Waals surface area contributed by atoms with Gasteiger partial charge in [0.25, 0.3) is 5.91 Å². The van der Waals surface area contributed by atoms with E-state index in [0.29, 0.717) is 0 Å². The molecule has 7 N–H and O–H groups in total. The van der Waals surface area contributed by atoms with E-state index < -0.39 is 5.91 Å². The third-order valence-electron chi connectivity index (χ3n) is 3.74. The van der Waals surface area contributed by atoms with E-state index in [-0.39, 0.29) is 17.8 Å². The molecule has 0 aliphatic rings. The maximum absolute atomic E-state index is 11.0. The monoisotopic (exact) mass is 416 g/mol. The van der Waals surface area contributed by atoms with Crippen molar-refractivity contribution in [3.8, 4) is 0 Å². The molecule has 3 aromatic carbocycles. The number of benzene rings is 3. The van der Waals surface area contributed by atoms with E-state index in [4.69, 9.17) is 17.2 Å². The van der Waals surface area contributed by atoms with Crippen LogP contribution in [0.15, 0.2) is 88.9 Å². The third-order valence-corrected chi connectivity index (χ3v) is 3.74. The second-order valence-electron chi connectivity index (χ2n) is 6.33. The van der Waals surface area contributed by atoms with Crippen LogP contribution in [-0.4, -0.2) is 23.7 Å². The molecule has 0 atom stereocenters. The van der Waals surface area contributed by atoms with E-state index in [0.717, 1.165) is 22.0 Å². The summed E-state index contributed by atoms with van der Waals surface area (Å²) in [5, 5.41) is 4.66. The summed E-state index contributed by atoms with van der Waals surface area (Å²) in [6.45, 7) is 1.39. The van der Waals surface area contributed by atoms with Crippen LogP contribution in [0.3, 0.4) is 0 Å². The number of fused-ring (bicyclic) bond motifs is 1. The largest absolute Gasteiger partial charge is 0.370 e. The zero-order valence-corrected chi connectivity index (χ0v) is 17.0. The van der Waals surface area contributed by atoms with Gasteiger partial charge in [0.05, 0.1) is 5.69 Å². The SMILES string of the molecule is CC(=O)NC(N)=Nc1ccc2ccccc2c1.NC(N)=NC(=O)C=Cc1ccccc1. The maximum Gasteiger partial charge on any atom is 0.272 e. The smallest absolute Gasteiger partial charge is 0.272 e. The van der Waals surface area contributed by atoms with Gasteiger partial charge < -0.3 is 17.2 Å². The number of nitrogens with zero attached hydrogens (tertiary/aromatic N) is 2. The average Bonchev–Trinajstić information content (AvgIpc) is 2.72. The first kappa shape index (κ1) is 22.8. The number of aliphatic imine (C=N–C) groups is 2. The fraction of sp³-hybridized carbons (Fsp3) is 0.0435. The highest BCUT2D eigenvalue weighted by Crippen LogP contribution is 2.20. The van der Waals surface area contributed by atoms with Gasteiger partial charge in [-0.1, -0.05) is 60.7 Å². The molecule has 8 nitrogen and oxygen atoms in total. The van der Waals surface area contributed by atoms with Gasteiger partial charge in [-0.25, -0.2) is 4.99 Å². The van der Waals surface area contributed by atoms with Crippen molar-refractivity contribution in [2.75, 3.05) is 0 Å². The van der Waals surface area contributed by atoms with Gasteiger partial charge in [0.15, 0.2) is 5.96 Å². The van der Waals surface area contributed by atoms with Crippen LogP contribution in [0.5, 0.6) is 0 Å². The normalized spacial score (nSPS) is 10.8. The van der Waals surface area contributed by atoms with Crippen molar-refractivity contribution < 1.29 is 9.59 Å². The van der Waals surface area contributed by atoms with Gasteiger partial charge in [-0.15, -0.1) is 0 Å². The Morgan fingerprint density at radius 2 is 1.52 bits per heavy atom. The number of hydrogen-bond acceptors (Lipinski definition) is 3. The van der Waals surface area contributed by atoms with Crippen molar-refractivity contribution >= 4 is 46.3 Å². The van der Waals surface area contributed by atoms with Gasteiger partial charge in [0.1, 0.15) is 0 Å². The molecule has 0 aliphatic heterocycles. The molecular formula is C23H24N6O2. The maximum atomic E-state index is 11.0. The molecular weight excluding hydrogens is 392 g/mol. The molecule has 3 rings (SSSR count). The molecule has 0 radical (unpaired) electrons. The Morgan fingerprint density at radius 1 is 0.871 bits per heavy atom. The molecule has 0 saturated carbocycles. The molecule has 2 amide bonds. The molecule has 0 saturated heterocycles. The lowest BCUT2D eigenvalue weighted by Crippen LogP contribution is -2.34. The van der Waals surface area contributed by atoms with E-state index >= 15 is 0 Å². The van der Waals surface area contributed by atoms with Gasteiger partial charge in [-0.3, -0.25) is 14.9 Å². The summed E-state index contributed by atoms with van der Waals surface area (Å²) < 4.78 is 0. The minimum Gasteiger partial charge on any atom is -0.370 e. The number of guanidine groups is 2. The molecule has 0 heterocycles. The molecule has 0 unspecified atom stereocenters. The van der Waals surface area contributed by atoms with Crippen LogP contribution in [-0.2, 0) is 9.59 Å². The molecule has 8 heteroatoms. The summed E-state index contributed by atoms with van der Waals surface area (Å²) >= 11 is 0. The zero-order valence-electron chi connectivity index (χ0n) is 17.0. The standard InChI is InChI=1S/C13H13N3O.C10H11N3O/c1-9(17)15-13(14)16-12-7-6-10-4-2-3-5-11(10)8-12;11-10(12)13-9(14)7-6-8-4-2-1-3-5-8/h2-8H,1H3,(H3,14,15,16,17);1-7H,(H4,11,12,13,14). The lowest BCUT2D eigenvalue weighted by molar-refractivity contribution is -0.117. The lowest BCUT2D eigenvalue weighted by atomic mass is 10.1. The Kier molecular flexibility index (Phi) is 8.48. The Balaban J connectivity index is 0.000000225. The van der Waals surface area contributed by atoms with Crippen LogP contribution < -0.4 is 22.5 Å². The summed E-state index contributed by atoms with van der Waals surface area (Å²) in [6.07, 6.45) is 2.96. The zero-order chi connectivity index (χ0) is 22.6. The van der Waals surface area contributed by atoms with Crippen LogP contribution in [0.1, 0.15) is 12.5 Å². The predicted molar refractivity (Wildman–Crippen MR) is 125 cm³/mol. The van der Waals surface area contributed by atoms with E-state index in [2.05, 4.69) is 15.3 Å². The van der Waals surface area contributed by atoms with Gasteiger partial charge in [0, 0.05) is 13.0 Å². The molecule has 0 aromatic heterocycles. The van der Waals surface area contributed by atoms with Crippen molar-refractivity contribution in [2.24, 2.45) is 27.2 Å². The molecule has 0 spiro atoms. The molecule has 3 aromatic rings. The fourth-order valence-electron chi connectivity index (χ4n) is 2.49. The molecule has 0 aliphatic carbocycles. The number of carbonyl (C=O) groups excluding carboxylic acids is 2. The summed E-state index contributed by atoms with van der Waals surface area (Å²) in [6, 6.07) is 23.1. The number of rotatable bonds is 3. The first-order valence-electron chi connectivity index (χ1n) is 9.31. The Labute approximate surface area is 180 Å². The lowest BCUT2D eigenvalue weighted by Gasteiger charge is -2.02. The second-order valence-corrected chi connectivity index (χ2v) is 6.33. The molecule has 0 bridgehead atoms. The van der Waals surface area contributed by atoms with Crippen LogP contribution in [0.4, 0.5) is 5.69 Å². The van der Waals surface area contributed by atoms with Crippen LogP contribution >= 0.6 is 0 Å². The van der Waals surface area contributed by atoms with Crippen molar-refractivity contribution in [3.63, 3.8) is 0 Å². The van der Waals surface area contributed by atoms with Gasteiger partial charge in [-0.2, -0.15) is 4.99 Å². The van der Waals surface area contributed by atoms with E-state index in [1.807, 2.05) is 72.8 Å². The predicted octanol–water partition coefficient (Wildman–Crippen LogP) is 2.42. The summed E-state index contributed by atoms with van der Waals surface area (Å²) in [5.41, 5.74) is 17.3. The first-order valence-corrected chi connectivity index (χ1v) is 9.31. The van der Waals surface area contributed by atoms with Crippen LogP contribution in [0.2, 0.25) is 0 Å². The Morgan fingerprint density at radius 3 is 2.16 bits per heavy atom. The number of hydrogen-bond donors (Lipinski definition) is 4. The van der Waals surface area contributed by atoms with Crippen molar-refractivity contribution in [2.45, 2.75) is 6.92 Å². The first-order chi connectivity index (χ1) is 14.8. The summed E-state index contributed by atoms with van der Waals surface area (Å²) in [5.74, 6) is -0.818. The second kappa shape index (κ2) is 11.5. The van der Waals surface area contributed by atoms with Crippen molar-refractivity contribution in [1.82, 2.24) is 5.32 Å². The highest BCUT2D eigenvalue weighted by atomic mass is 16.2. The number of nitrogens with two attached hydrogens (primary N) is 3. The quantitative estimate of drug-likeness (QED) is 0.294. The minimum atomic E-state index is -0.464. The van der Waals surface area contributed by atoms with Crippen LogP contribution in [0, 0.1) is 0 Å². The van der Waals surface area contributed by atoms with Gasteiger partial charge in [0.2, 0.25) is 11.9 Å². The number of carbonyl (C=O) groups is 2. The van der Waals surface area contributed by atoms with Gasteiger partial charge >= 0.3 is 0 Å². The molecule has 0 fully saturated rings. The van der Waals surface area contributed by atoms with E-state index in [9.17, 15) is 9.59 Å². The Hall–Kier alpha value is -4.46. The average molecular weight is 416 g/mol. The summed E-state index contributed by atoms with van der Waals surface area (Å²) in [4.78, 5) is 29.2. The highest BCUT2D eigenvalue weighted by molar-refractivity contribution is 6.00. The van der Waals surface area contributed by atoms with Gasteiger partial charge in [-0.05, 0) is 34.5 Å². The van der Waals surface area contributed by atoms with Crippen LogP contribution in [0.25, 0.3) is 16.8 Å². The number of amides is 2. The molecule has 31 heavy (non-hydrogen) atoms. The number of nitrogens with one attached hydrogen (secondary N) is 1. The highest BCUT2D eigenvalue weighted by Gasteiger charge is 1.98. The Bertz CT molecular complexity index is 1130. The third kappa shape index (κ3) is 8.61. The summed E-state index contributed by atoms with van der Waals surface area (Å²) in [7, 11) is 0. The van der Waals surface area contributed by atoms with E-state index in [1.54, 1.807) is 6.08 Å².